The maximum absolute atomic E-state index is 12.2. The maximum Gasteiger partial charge on any atom is 0.241 e. The summed E-state index contributed by atoms with van der Waals surface area (Å²) in [6.45, 7) is 5.06. The molecule has 1 fully saturated rings. The first-order valence-electron chi connectivity index (χ1n) is 7.07. The molecule has 0 saturated heterocycles. The fourth-order valence-corrected chi connectivity index (χ4v) is 2.56. The summed E-state index contributed by atoms with van der Waals surface area (Å²) in [7, 11) is 0. The van der Waals surface area contributed by atoms with Crippen LogP contribution in [0.3, 0.4) is 0 Å². The zero-order valence-corrected chi connectivity index (χ0v) is 11.9. The first kappa shape index (κ1) is 15.5. The molecule has 0 aromatic carbocycles. The largest absolute Gasteiger partial charge is 0.346 e. The summed E-state index contributed by atoms with van der Waals surface area (Å²) < 4.78 is 0. The third-order valence-corrected chi connectivity index (χ3v) is 3.87. The van der Waals surface area contributed by atoms with Crippen LogP contribution in [0, 0.1) is 16.7 Å². The molecule has 2 amide bonds. The van der Waals surface area contributed by atoms with E-state index in [1.54, 1.807) is 4.90 Å². The molecule has 0 bridgehead atoms. The van der Waals surface area contributed by atoms with Crippen LogP contribution in [-0.2, 0) is 9.59 Å². The van der Waals surface area contributed by atoms with Gasteiger partial charge in [-0.1, -0.05) is 19.3 Å². The monoisotopic (exact) mass is 265 g/mol. The standard InChI is InChI=1S/C14H23N3O2/c1-3-17(4-2)12(18)10-16-13(19)14(11-15)8-6-5-7-9-14/h3-10H2,1-2H3,(H,16,19). The fourth-order valence-electron chi connectivity index (χ4n) is 2.56. The number of nitrogens with one attached hydrogen (secondary N) is 1. The number of carbonyl (C=O) groups excluding carboxylic acids is 2. The molecule has 1 aliphatic rings. The molecular formula is C14H23N3O2. The average molecular weight is 265 g/mol. The molecule has 19 heavy (non-hydrogen) atoms. The molecule has 0 aliphatic heterocycles. The van der Waals surface area contributed by atoms with Gasteiger partial charge in [-0.3, -0.25) is 9.59 Å². The topological polar surface area (TPSA) is 73.2 Å². The Labute approximate surface area is 115 Å². The highest BCUT2D eigenvalue weighted by molar-refractivity contribution is 5.89. The van der Waals surface area contributed by atoms with E-state index in [4.69, 9.17) is 0 Å². The van der Waals surface area contributed by atoms with Gasteiger partial charge in [0.2, 0.25) is 11.8 Å². The van der Waals surface area contributed by atoms with E-state index in [1.807, 2.05) is 13.8 Å². The molecule has 1 N–H and O–H groups in total. The van der Waals surface area contributed by atoms with Crippen LogP contribution in [0.1, 0.15) is 46.0 Å². The third kappa shape index (κ3) is 3.69. The zero-order valence-electron chi connectivity index (χ0n) is 11.9. The van der Waals surface area contributed by atoms with Gasteiger partial charge in [-0.2, -0.15) is 5.26 Å². The van der Waals surface area contributed by atoms with Gasteiger partial charge in [0.25, 0.3) is 0 Å². The summed E-state index contributed by atoms with van der Waals surface area (Å²) in [5, 5.41) is 11.9. The highest BCUT2D eigenvalue weighted by atomic mass is 16.2. The summed E-state index contributed by atoms with van der Waals surface area (Å²) in [4.78, 5) is 25.6. The number of rotatable bonds is 5. The Kier molecular flexibility index (Phi) is 5.81. The third-order valence-electron chi connectivity index (χ3n) is 3.87. The Bertz CT molecular complexity index is 363. The van der Waals surface area contributed by atoms with Gasteiger partial charge < -0.3 is 10.2 Å². The second kappa shape index (κ2) is 7.13. The van der Waals surface area contributed by atoms with Crippen LogP contribution < -0.4 is 5.32 Å². The molecule has 0 heterocycles. The number of nitrogens with zero attached hydrogens (tertiary/aromatic N) is 2. The Morgan fingerprint density at radius 3 is 2.26 bits per heavy atom. The lowest BCUT2D eigenvalue weighted by molar-refractivity contribution is -0.135. The second-order valence-electron chi connectivity index (χ2n) is 5.00. The number of hydrogen-bond donors (Lipinski definition) is 1. The van der Waals surface area contributed by atoms with E-state index < -0.39 is 5.41 Å². The van der Waals surface area contributed by atoms with E-state index in [2.05, 4.69) is 11.4 Å². The molecule has 106 valence electrons. The predicted molar refractivity (Wildman–Crippen MR) is 72.1 cm³/mol. The van der Waals surface area contributed by atoms with Gasteiger partial charge in [-0.05, 0) is 26.7 Å². The molecule has 0 aromatic rings. The second-order valence-corrected chi connectivity index (χ2v) is 5.00. The first-order chi connectivity index (χ1) is 9.09. The van der Waals surface area contributed by atoms with Gasteiger partial charge in [0, 0.05) is 13.1 Å². The minimum Gasteiger partial charge on any atom is -0.346 e. The van der Waals surface area contributed by atoms with Crippen LogP contribution in [0.5, 0.6) is 0 Å². The van der Waals surface area contributed by atoms with Crippen molar-refractivity contribution in [3.05, 3.63) is 0 Å². The van der Waals surface area contributed by atoms with Crippen LogP contribution in [0.2, 0.25) is 0 Å². The van der Waals surface area contributed by atoms with Crippen LogP contribution in [0.25, 0.3) is 0 Å². The van der Waals surface area contributed by atoms with Crippen molar-refractivity contribution in [3.63, 3.8) is 0 Å². The van der Waals surface area contributed by atoms with Crippen LogP contribution in [0.4, 0.5) is 0 Å². The number of hydrogen-bond acceptors (Lipinski definition) is 3. The van der Waals surface area contributed by atoms with Gasteiger partial charge in [0.1, 0.15) is 5.41 Å². The molecule has 5 heteroatoms. The summed E-state index contributed by atoms with van der Waals surface area (Å²) in [5.41, 5.74) is -0.915. The van der Waals surface area contributed by atoms with Crippen LogP contribution in [0.15, 0.2) is 0 Å². The van der Waals surface area contributed by atoms with Gasteiger partial charge in [-0.25, -0.2) is 0 Å². The number of nitriles is 1. The van der Waals surface area contributed by atoms with Gasteiger partial charge in [0.15, 0.2) is 0 Å². The summed E-state index contributed by atoms with van der Waals surface area (Å²) in [6.07, 6.45) is 4.11. The molecule has 0 spiro atoms. The van der Waals surface area contributed by atoms with Crippen molar-refractivity contribution in [2.24, 2.45) is 5.41 Å². The lowest BCUT2D eigenvalue weighted by Gasteiger charge is -2.29. The number of carbonyl (C=O) groups is 2. The van der Waals surface area contributed by atoms with E-state index in [1.165, 1.54) is 0 Å². The van der Waals surface area contributed by atoms with Gasteiger partial charge in [0.05, 0.1) is 12.6 Å². The van der Waals surface area contributed by atoms with Crippen molar-refractivity contribution in [3.8, 4) is 6.07 Å². The predicted octanol–water partition coefficient (Wildman–Crippen LogP) is 1.45. The number of amides is 2. The molecule has 0 radical (unpaired) electrons. The van der Waals surface area contributed by atoms with Crippen molar-refractivity contribution < 1.29 is 9.59 Å². The van der Waals surface area contributed by atoms with E-state index in [0.29, 0.717) is 25.9 Å². The molecule has 0 unspecified atom stereocenters. The summed E-state index contributed by atoms with van der Waals surface area (Å²) >= 11 is 0. The number of likely N-dealkylation sites (N-methyl/N-ethyl adjacent to an activating group) is 1. The smallest absolute Gasteiger partial charge is 0.241 e. The molecule has 5 nitrogen and oxygen atoms in total. The molecule has 1 saturated carbocycles. The van der Waals surface area contributed by atoms with Crippen LogP contribution >= 0.6 is 0 Å². The summed E-state index contributed by atoms with van der Waals surface area (Å²) in [6, 6.07) is 2.16. The lowest BCUT2D eigenvalue weighted by atomic mass is 9.74. The van der Waals surface area contributed by atoms with E-state index in [9.17, 15) is 14.9 Å². The maximum atomic E-state index is 12.2. The highest BCUT2D eigenvalue weighted by Crippen LogP contribution is 2.35. The van der Waals surface area contributed by atoms with Crippen molar-refractivity contribution in [2.75, 3.05) is 19.6 Å². The Balaban J connectivity index is 2.54. The fraction of sp³-hybridized carbons (Fsp3) is 0.786. The van der Waals surface area contributed by atoms with Crippen molar-refractivity contribution in [1.29, 1.82) is 5.26 Å². The molecule has 1 rings (SSSR count). The van der Waals surface area contributed by atoms with E-state index in [0.717, 1.165) is 19.3 Å². The highest BCUT2D eigenvalue weighted by Gasteiger charge is 2.39. The normalized spacial score (nSPS) is 17.3. The molecule has 1 aliphatic carbocycles. The van der Waals surface area contributed by atoms with Gasteiger partial charge in [-0.15, -0.1) is 0 Å². The zero-order chi connectivity index (χ0) is 14.3. The minimum atomic E-state index is -0.915. The summed E-state index contributed by atoms with van der Waals surface area (Å²) in [5.74, 6) is -0.377. The lowest BCUT2D eigenvalue weighted by Crippen LogP contribution is -2.46. The molecule has 0 atom stereocenters. The van der Waals surface area contributed by atoms with Crippen molar-refractivity contribution in [2.45, 2.75) is 46.0 Å². The van der Waals surface area contributed by atoms with Crippen molar-refractivity contribution >= 4 is 11.8 Å². The van der Waals surface area contributed by atoms with Crippen molar-refractivity contribution in [1.82, 2.24) is 10.2 Å². The van der Waals surface area contributed by atoms with Crippen LogP contribution in [-0.4, -0.2) is 36.3 Å². The van der Waals surface area contributed by atoms with E-state index >= 15 is 0 Å². The van der Waals surface area contributed by atoms with Gasteiger partial charge >= 0.3 is 0 Å². The van der Waals surface area contributed by atoms with E-state index in [-0.39, 0.29) is 18.4 Å². The Morgan fingerprint density at radius 2 is 1.79 bits per heavy atom. The SMILES string of the molecule is CCN(CC)C(=O)CNC(=O)C1(C#N)CCCCC1. The first-order valence-corrected chi connectivity index (χ1v) is 7.07. The Hall–Kier alpha value is -1.57. The minimum absolute atomic E-state index is 0.00998. The average Bonchev–Trinajstić information content (AvgIpc) is 2.46. The Morgan fingerprint density at radius 1 is 1.21 bits per heavy atom. The quantitative estimate of drug-likeness (QED) is 0.817. The molecule has 0 aromatic heterocycles. The molecular weight excluding hydrogens is 242 g/mol.